The molecule has 0 bridgehead atoms. The Bertz CT molecular complexity index is 356. The van der Waals surface area contributed by atoms with Crippen LogP contribution in [0, 0.1) is 6.92 Å². The molecule has 0 aliphatic carbocycles. The Labute approximate surface area is 86.6 Å². The van der Waals surface area contributed by atoms with Crippen LogP contribution < -0.4 is 5.73 Å². The van der Waals surface area contributed by atoms with Gasteiger partial charge in [0.05, 0.1) is 0 Å². The first-order valence-corrected chi connectivity index (χ1v) is 4.89. The zero-order valence-electron chi connectivity index (χ0n) is 9.52. The van der Waals surface area contributed by atoms with E-state index in [0.29, 0.717) is 0 Å². The van der Waals surface area contributed by atoms with E-state index in [1.54, 1.807) is 0 Å². The highest BCUT2D eigenvalue weighted by molar-refractivity contribution is 5.61. The molecular formula is C13H19N. The molecule has 0 aliphatic heterocycles. The van der Waals surface area contributed by atoms with Gasteiger partial charge in [-0.1, -0.05) is 39.5 Å². The van der Waals surface area contributed by atoms with Crippen molar-refractivity contribution in [2.45, 2.75) is 33.1 Å². The topological polar surface area (TPSA) is 26.0 Å². The maximum Gasteiger partial charge on any atom is 0.0352 e. The maximum absolute atomic E-state index is 5.95. The Balaban J connectivity index is 3.42. The Morgan fingerprint density at radius 1 is 1.29 bits per heavy atom. The molecule has 0 aliphatic rings. The molecule has 0 fully saturated rings. The highest BCUT2D eigenvalue weighted by atomic mass is 14.6. The van der Waals surface area contributed by atoms with Gasteiger partial charge in [0, 0.05) is 5.69 Å². The average molecular weight is 189 g/mol. The Hall–Kier alpha value is -1.24. The van der Waals surface area contributed by atoms with E-state index in [0.717, 1.165) is 11.3 Å². The highest BCUT2D eigenvalue weighted by Crippen LogP contribution is 2.30. The number of hydrogen-bond acceptors (Lipinski definition) is 1. The summed E-state index contributed by atoms with van der Waals surface area (Å²) >= 11 is 0. The third-order valence-corrected chi connectivity index (χ3v) is 2.51. The number of benzene rings is 1. The first-order chi connectivity index (χ1) is 6.36. The van der Waals surface area contributed by atoms with Crippen molar-refractivity contribution in [3.05, 3.63) is 35.4 Å². The van der Waals surface area contributed by atoms with Gasteiger partial charge in [0.15, 0.2) is 0 Å². The van der Waals surface area contributed by atoms with Crippen LogP contribution in [0.1, 0.15) is 37.5 Å². The van der Waals surface area contributed by atoms with Crippen molar-refractivity contribution >= 4 is 11.8 Å². The summed E-state index contributed by atoms with van der Waals surface area (Å²) in [6.07, 6.45) is 1.84. The molecule has 76 valence electrons. The van der Waals surface area contributed by atoms with Gasteiger partial charge >= 0.3 is 0 Å². The summed E-state index contributed by atoms with van der Waals surface area (Å²) in [6, 6.07) is 4.14. The van der Waals surface area contributed by atoms with Crippen LogP contribution in [0.2, 0.25) is 0 Å². The van der Waals surface area contributed by atoms with Crippen molar-refractivity contribution in [3.63, 3.8) is 0 Å². The normalized spacial score (nSPS) is 11.4. The maximum atomic E-state index is 5.95. The van der Waals surface area contributed by atoms with E-state index >= 15 is 0 Å². The van der Waals surface area contributed by atoms with Crippen LogP contribution in [-0.2, 0) is 5.41 Å². The van der Waals surface area contributed by atoms with Crippen LogP contribution in [-0.4, -0.2) is 0 Å². The fourth-order valence-corrected chi connectivity index (χ4v) is 1.66. The lowest BCUT2D eigenvalue weighted by Gasteiger charge is -2.23. The van der Waals surface area contributed by atoms with E-state index in [4.69, 9.17) is 5.73 Å². The number of anilines is 1. The van der Waals surface area contributed by atoms with Gasteiger partial charge in [-0.15, -0.1) is 0 Å². The van der Waals surface area contributed by atoms with Gasteiger partial charge in [-0.05, 0) is 35.1 Å². The minimum Gasteiger partial charge on any atom is -0.398 e. The molecule has 1 heteroatoms. The number of nitrogens with two attached hydrogens (primary N) is 1. The SMILES string of the molecule is C=Cc1cc(N)c(C)c(C(C)(C)C)c1. The van der Waals surface area contributed by atoms with Crippen molar-refractivity contribution in [1.29, 1.82) is 0 Å². The predicted octanol–water partition coefficient (Wildman–Crippen LogP) is 3.52. The lowest BCUT2D eigenvalue weighted by molar-refractivity contribution is 0.586. The largest absolute Gasteiger partial charge is 0.398 e. The minimum atomic E-state index is 0.136. The summed E-state index contributed by atoms with van der Waals surface area (Å²) in [7, 11) is 0. The zero-order valence-corrected chi connectivity index (χ0v) is 9.52. The molecule has 0 spiro atoms. The standard InChI is InChI=1S/C13H19N/c1-6-10-7-11(13(3,4)5)9(2)12(14)8-10/h6-8H,1,14H2,2-5H3. The van der Waals surface area contributed by atoms with E-state index in [1.165, 1.54) is 11.1 Å². The number of nitrogen functional groups attached to an aromatic ring is 1. The van der Waals surface area contributed by atoms with Crippen LogP contribution in [0.4, 0.5) is 5.69 Å². The Kier molecular flexibility index (Phi) is 2.70. The first kappa shape index (κ1) is 10.8. The van der Waals surface area contributed by atoms with Gasteiger partial charge in [-0.3, -0.25) is 0 Å². The van der Waals surface area contributed by atoms with Crippen molar-refractivity contribution in [2.75, 3.05) is 5.73 Å². The molecule has 1 nitrogen and oxygen atoms in total. The first-order valence-electron chi connectivity index (χ1n) is 4.89. The van der Waals surface area contributed by atoms with Gasteiger partial charge in [0.2, 0.25) is 0 Å². The molecule has 0 saturated carbocycles. The van der Waals surface area contributed by atoms with Crippen molar-refractivity contribution in [1.82, 2.24) is 0 Å². The van der Waals surface area contributed by atoms with Crippen LogP contribution >= 0.6 is 0 Å². The molecule has 1 rings (SSSR count). The second-order valence-corrected chi connectivity index (χ2v) is 4.74. The summed E-state index contributed by atoms with van der Waals surface area (Å²) in [5.74, 6) is 0. The Morgan fingerprint density at radius 2 is 1.86 bits per heavy atom. The molecule has 0 amide bonds. The van der Waals surface area contributed by atoms with Crippen LogP contribution in [0.3, 0.4) is 0 Å². The second kappa shape index (κ2) is 3.49. The summed E-state index contributed by atoms with van der Waals surface area (Å²) in [5.41, 5.74) is 10.5. The van der Waals surface area contributed by atoms with E-state index < -0.39 is 0 Å². The lowest BCUT2D eigenvalue weighted by atomic mass is 9.82. The third-order valence-electron chi connectivity index (χ3n) is 2.51. The van der Waals surface area contributed by atoms with Crippen LogP contribution in [0.25, 0.3) is 6.08 Å². The molecule has 14 heavy (non-hydrogen) atoms. The molecular weight excluding hydrogens is 170 g/mol. The monoisotopic (exact) mass is 189 g/mol. The van der Waals surface area contributed by atoms with Gasteiger partial charge in [0.1, 0.15) is 0 Å². The van der Waals surface area contributed by atoms with Crippen molar-refractivity contribution in [3.8, 4) is 0 Å². The van der Waals surface area contributed by atoms with Gasteiger partial charge in [0.25, 0.3) is 0 Å². The predicted molar refractivity (Wildman–Crippen MR) is 64.4 cm³/mol. The van der Waals surface area contributed by atoms with Crippen molar-refractivity contribution in [2.24, 2.45) is 0 Å². The molecule has 1 aromatic carbocycles. The van der Waals surface area contributed by atoms with Crippen molar-refractivity contribution < 1.29 is 0 Å². The van der Waals surface area contributed by atoms with E-state index in [9.17, 15) is 0 Å². The quantitative estimate of drug-likeness (QED) is 0.672. The summed E-state index contributed by atoms with van der Waals surface area (Å²) in [5, 5.41) is 0. The molecule has 2 N–H and O–H groups in total. The molecule has 1 aromatic rings. The average Bonchev–Trinajstić information content (AvgIpc) is 2.07. The summed E-state index contributed by atoms with van der Waals surface area (Å²) in [4.78, 5) is 0. The fourth-order valence-electron chi connectivity index (χ4n) is 1.66. The third kappa shape index (κ3) is 1.98. The van der Waals surface area contributed by atoms with Crippen LogP contribution in [0.5, 0.6) is 0 Å². The number of rotatable bonds is 1. The van der Waals surface area contributed by atoms with Gasteiger partial charge in [-0.25, -0.2) is 0 Å². The van der Waals surface area contributed by atoms with Crippen LogP contribution in [0.15, 0.2) is 18.7 Å². The fraction of sp³-hybridized carbons (Fsp3) is 0.385. The van der Waals surface area contributed by atoms with E-state index in [-0.39, 0.29) is 5.41 Å². The molecule has 0 aromatic heterocycles. The minimum absolute atomic E-state index is 0.136. The summed E-state index contributed by atoms with van der Waals surface area (Å²) < 4.78 is 0. The van der Waals surface area contributed by atoms with E-state index in [1.807, 2.05) is 12.1 Å². The molecule has 0 unspecified atom stereocenters. The Morgan fingerprint density at radius 3 is 2.29 bits per heavy atom. The molecule has 0 heterocycles. The zero-order chi connectivity index (χ0) is 10.9. The highest BCUT2D eigenvalue weighted by Gasteiger charge is 2.17. The van der Waals surface area contributed by atoms with Gasteiger partial charge in [-0.2, -0.15) is 0 Å². The molecule has 0 saturated heterocycles. The van der Waals surface area contributed by atoms with E-state index in [2.05, 4.69) is 40.3 Å². The molecule has 0 atom stereocenters. The lowest BCUT2D eigenvalue weighted by Crippen LogP contribution is -2.14. The smallest absolute Gasteiger partial charge is 0.0352 e. The summed E-state index contributed by atoms with van der Waals surface area (Å²) in [6.45, 7) is 12.4. The second-order valence-electron chi connectivity index (χ2n) is 4.74. The van der Waals surface area contributed by atoms with Gasteiger partial charge < -0.3 is 5.73 Å². The number of hydrogen-bond donors (Lipinski definition) is 1. The molecule has 0 radical (unpaired) electrons.